The maximum Gasteiger partial charge on any atom is 0.141 e. The molecule has 1 saturated heterocycles. The van der Waals surface area contributed by atoms with E-state index in [9.17, 15) is 0 Å². The number of aromatic nitrogens is 2. The highest BCUT2D eigenvalue weighted by Crippen LogP contribution is 2.39. The number of thiophene rings is 1. The maximum absolute atomic E-state index is 9.07. The Balaban J connectivity index is 1.65. The Morgan fingerprint density at radius 3 is 2.90 bits per heavy atom. The van der Waals surface area contributed by atoms with Crippen LogP contribution in [0.4, 0.5) is 5.82 Å². The molecule has 5 nitrogen and oxygen atoms in total. The molecule has 0 atom stereocenters. The molecule has 0 aromatic carbocycles. The Morgan fingerprint density at radius 1 is 1.24 bits per heavy atom. The third-order valence-electron chi connectivity index (χ3n) is 4.72. The van der Waals surface area contributed by atoms with Crippen molar-refractivity contribution >= 4 is 27.4 Å². The molecule has 0 saturated carbocycles. The van der Waals surface area contributed by atoms with Crippen LogP contribution in [0.25, 0.3) is 10.2 Å². The van der Waals surface area contributed by atoms with Crippen molar-refractivity contribution in [2.75, 3.05) is 44.2 Å². The third kappa shape index (κ3) is 2.31. The van der Waals surface area contributed by atoms with E-state index >= 15 is 0 Å². The van der Waals surface area contributed by atoms with Crippen molar-refractivity contribution in [2.45, 2.75) is 19.3 Å². The lowest BCUT2D eigenvalue weighted by Gasteiger charge is -2.33. The molecule has 4 rings (SSSR count). The fourth-order valence-corrected chi connectivity index (χ4v) is 4.82. The van der Waals surface area contributed by atoms with Gasteiger partial charge in [-0.2, -0.15) is 0 Å². The maximum atomic E-state index is 9.07. The van der Waals surface area contributed by atoms with Gasteiger partial charge < -0.3 is 14.9 Å². The zero-order chi connectivity index (χ0) is 14.2. The quantitative estimate of drug-likeness (QED) is 0.830. The highest BCUT2D eigenvalue weighted by Gasteiger charge is 2.26. The normalized spacial score (nSPS) is 19.4. The molecule has 1 aliphatic heterocycles. The van der Waals surface area contributed by atoms with E-state index in [0.717, 1.165) is 43.4 Å². The molecule has 112 valence electrons. The lowest BCUT2D eigenvalue weighted by Crippen LogP contribution is -3.15. The largest absolute Gasteiger partial charge is 0.391 e. The number of aryl methyl sites for hydroxylation is 2. The average Bonchev–Trinajstić information content (AvgIpc) is 3.08. The summed E-state index contributed by atoms with van der Waals surface area (Å²) in [5, 5.41) is 10.4. The van der Waals surface area contributed by atoms with Crippen LogP contribution in [0.1, 0.15) is 16.9 Å². The molecule has 2 aromatic rings. The summed E-state index contributed by atoms with van der Waals surface area (Å²) in [4.78, 5) is 15.7. The minimum absolute atomic E-state index is 0.283. The first kappa shape index (κ1) is 13.4. The Labute approximate surface area is 128 Å². The monoisotopic (exact) mass is 305 g/mol. The molecule has 0 radical (unpaired) electrons. The number of nitrogens with zero attached hydrogens (tertiary/aromatic N) is 3. The highest BCUT2D eigenvalue weighted by molar-refractivity contribution is 7.19. The van der Waals surface area contributed by atoms with Crippen molar-refractivity contribution in [2.24, 2.45) is 0 Å². The highest BCUT2D eigenvalue weighted by atomic mass is 32.1. The van der Waals surface area contributed by atoms with Crippen LogP contribution in [-0.4, -0.2) is 54.4 Å². The summed E-state index contributed by atoms with van der Waals surface area (Å²) in [5.74, 6) is 1.14. The van der Waals surface area contributed by atoms with Crippen molar-refractivity contribution in [3.63, 3.8) is 0 Å². The summed E-state index contributed by atoms with van der Waals surface area (Å²) in [5.41, 5.74) is 1.51. The van der Waals surface area contributed by atoms with E-state index in [1.807, 2.05) is 11.3 Å². The van der Waals surface area contributed by atoms with Crippen LogP contribution < -0.4 is 9.80 Å². The van der Waals surface area contributed by atoms with Crippen LogP contribution in [0.15, 0.2) is 6.33 Å². The van der Waals surface area contributed by atoms with E-state index in [-0.39, 0.29) is 6.61 Å². The number of anilines is 1. The molecular formula is C15H21N4OS+. The Bertz CT molecular complexity index is 648. The smallest absolute Gasteiger partial charge is 0.141 e. The molecule has 6 heteroatoms. The zero-order valence-corrected chi connectivity index (χ0v) is 13.0. The first-order chi connectivity index (χ1) is 10.4. The summed E-state index contributed by atoms with van der Waals surface area (Å²) in [7, 11) is 0. The summed E-state index contributed by atoms with van der Waals surface area (Å²) in [6.07, 6.45) is 5.39. The number of aliphatic hydroxyl groups excluding tert-OH is 1. The van der Waals surface area contributed by atoms with E-state index in [4.69, 9.17) is 5.11 Å². The third-order valence-corrected chi connectivity index (χ3v) is 5.92. The van der Waals surface area contributed by atoms with Gasteiger partial charge in [0, 0.05) is 4.88 Å². The molecule has 2 aromatic heterocycles. The Morgan fingerprint density at radius 2 is 2.10 bits per heavy atom. The van der Waals surface area contributed by atoms with E-state index in [0.29, 0.717) is 0 Å². The van der Waals surface area contributed by atoms with Crippen LogP contribution >= 0.6 is 11.3 Å². The van der Waals surface area contributed by atoms with Crippen molar-refractivity contribution in [3.8, 4) is 0 Å². The molecule has 2 N–H and O–H groups in total. The minimum atomic E-state index is 0.283. The second-order valence-electron chi connectivity index (χ2n) is 5.95. The van der Waals surface area contributed by atoms with Crippen LogP contribution in [0.2, 0.25) is 0 Å². The number of hydrogen-bond acceptors (Lipinski definition) is 5. The van der Waals surface area contributed by atoms with Gasteiger partial charge in [-0.05, 0) is 24.8 Å². The molecule has 0 amide bonds. The second kappa shape index (κ2) is 5.51. The van der Waals surface area contributed by atoms with Gasteiger partial charge >= 0.3 is 0 Å². The van der Waals surface area contributed by atoms with E-state index < -0.39 is 0 Å². The predicted octanol–water partition coefficient (Wildman–Crippen LogP) is -0.123. The van der Waals surface area contributed by atoms with Gasteiger partial charge in [0.05, 0.1) is 38.2 Å². The zero-order valence-electron chi connectivity index (χ0n) is 12.1. The molecule has 3 heterocycles. The fraction of sp³-hybridized carbons (Fsp3) is 0.600. The van der Waals surface area contributed by atoms with Gasteiger partial charge in [0.25, 0.3) is 0 Å². The first-order valence-electron chi connectivity index (χ1n) is 7.81. The van der Waals surface area contributed by atoms with Gasteiger partial charge in [0.15, 0.2) is 0 Å². The van der Waals surface area contributed by atoms with Crippen LogP contribution in [0.5, 0.6) is 0 Å². The van der Waals surface area contributed by atoms with Crippen LogP contribution in [0.3, 0.4) is 0 Å². The van der Waals surface area contributed by atoms with E-state index in [1.54, 1.807) is 6.33 Å². The summed E-state index contributed by atoms with van der Waals surface area (Å²) in [6, 6.07) is 0. The number of piperazine rings is 1. The molecule has 1 aliphatic carbocycles. The van der Waals surface area contributed by atoms with Gasteiger partial charge in [-0.1, -0.05) is 0 Å². The molecule has 0 spiro atoms. The van der Waals surface area contributed by atoms with Gasteiger partial charge in [-0.3, -0.25) is 0 Å². The lowest BCUT2D eigenvalue weighted by molar-refractivity contribution is -0.900. The summed E-state index contributed by atoms with van der Waals surface area (Å²) in [6.45, 7) is 5.35. The fourth-order valence-electron chi connectivity index (χ4n) is 3.59. The predicted molar refractivity (Wildman–Crippen MR) is 84.3 cm³/mol. The van der Waals surface area contributed by atoms with E-state index in [2.05, 4.69) is 14.9 Å². The van der Waals surface area contributed by atoms with Crippen molar-refractivity contribution in [1.82, 2.24) is 9.97 Å². The summed E-state index contributed by atoms with van der Waals surface area (Å²) >= 11 is 1.86. The number of nitrogens with one attached hydrogen (secondary N) is 1. The van der Waals surface area contributed by atoms with Gasteiger partial charge in [0.1, 0.15) is 23.5 Å². The SMILES string of the molecule is OCC[NH+]1CCN(c2ncnc3sc4c(c23)CCC4)CC1. The van der Waals surface area contributed by atoms with Gasteiger partial charge in [-0.15, -0.1) is 11.3 Å². The lowest BCUT2D eigenvalue weighted by atomic mass is 10.1. The van der Waals surface area contributed by atoms with Crippen molar-refractivity contribution in [3.05, 3.63) is 16.8 Å². The number of hydrogen-bond donors (Lipinski definition) is 2. The van der Waals surface area contributed by atoms with Crippen molar-refractivity contribution in [1.29, 1.82) is 0 Å². The molecule has 0 bridgehead atoms. The topological polar surface area (TPSA) is 53.7 Å². The minimum Gasteiger partial charge on any atom is -0.391 e. The molecule has 21 heavy (non-hydrogen) atoms. The number of rotatable bonds is 3. The van der Waals surface area contributed by atoms with Crippen molar-refractivity contribution < 1.29 is 10.0 Å². The summed E-state index contributed by atoms with van der Waals surface area (Å²) < 4.78 is 0. The Hall–Kier alpha value is -1.24. The molecular weight excluding hydrogens is 284 g/mol. The first-order valence-corrected chi connectivity index (χ1v) is 8.63. The van der Waals surface area contributed by atoms with Gasteiger partial charge in [-0.25, -0.2) is 9.97 Å². The molecule has 1 fully saturated rings. The van der Waals surface area contributed by atoms with Gasteiger partial charge in [0.2, 0.25) is 0 Å². The van der Waals surface area contributed by atoms with Crippen LogP contribution in [0, 0.1) is 0 Å². The van der Waals surface area contributed by atoms with Crippen LogP contribution in [-0.2, 0) is 12.8 Å². The second-order valence-corrected chi connectivity index (χ2v) is 7.03. The number of fused-ring (bicyclic) bond motifs is 3. The number of quaternary nitrogens is 1. The molecule has 0 unspecified atom stereocenters. The Kier molecular flexibility index (Phi) is 3.52. The molecule has 2 aliphatic rings. The standard InChI is InChI=1S/C15H20N4OS/c20-9-8-18-4-6-19(7-5-18)14-13-11-2-1-3-12(11)21-15(13)17-10-16-14/h10,20H,1-9H2/p+1. The van der Waals surface area contributed by atoms with E-state index in [1.165, 1.54) is 40.0 Å². The number of aliphatic hydroxyl groups is 1. The average molecular weight is 305 g/mol.